The van der Waals surface area contributed by atoms with E-state index in [1.54, 1.807) is 0 Å². The van der Waals surface area contributed by atoms with Crippen molar-refractivity contribution in [3.8, 4) is 56.4 Å². The van der Waals surface area contributed by atoms with Crippen LogP contribution < -0.4 is 0 Å². The second-order valence-corrected chi connectivity index (χ2v) is 12.5. The molecule has 0 aliphatic rings. The summed E-state index contributed by atoms with van der Waals surface area (Å²) < 4.78 is 12.6. The fourth-order valence-electron chi connectivity index (χ4n) is 6.82. The summed E-state index contributed by atoms with van der Waals surface area (Å²) in [5.74, 6) is 1.78. The molecule has 0 aliphatic carbocycles. The van der Waals surface area contributed by atoms with Gasteiger partial charge in [-0.05, 0) is 70.8 Å². The zero-order chi connectivity index (χ0) is 33.0. The summed E-state index contributed by atoms with van der Waals surface area (Å²) in [5, 5.41) is 4.35. The molecule has 0 N–H and O–H groups in total. The van der Waals surface area contributed by atoms with E-state index in [0.717, 1.165) is 77.3 Å². The van der Waals surface area contributed by atoms with Gasteiger partial charge < -0.3 is 8.83 Å². The molecule has 5 heteroatoms. The summed E-state index contributed by atoms with van der Waals surface area (Å²) in [6, 6.07) is 55.8. The van der Waals surface area contributed by atoms with Crippen molar-refractivity contribution in [1.82, 2.24) is 15.0 Å². The van der Waals surface area contributed by atoms with Gasteiger partial charge in [-0.1, -0.05) is 115 Å². The normalized spacial score (nSPS) is 11.6. The van der Waals surface area contributed by atoms with Crippen LogP contribution in [0.3, 0.4) is 0 Å². The average molecular weight is 642 g/mol. The first-order valence-electron chi connectivity index (χ1n) is 16.6. The second-order valence-electron chi connectivity index (χ2n) is 12.5. The van der Waals surface area contributed by atoms with Crippen molar-refractivity contribution in [3.05, 3.63) is 164 Å². The van der Waals surface area contributed by atoms with Gasteiger partial charge in [-0.15, -0.1) is 0 Å². The van der Waals surface area contributed by atoms with Crippen molar-refractivity contribution in [3.63, 3.8) is 0 Å². The summed E-state index contributed by atoms with van der Waals surface area (Å²) in [7, 11) is 0. The quantitative estimate of drug-likeness (QED) is 0.187. The summed E-state index contributed by atoms with van der Waals surface area (Å²) in [5.41, 5.74) is 10.5. The highest BCUT2D eigenvalue weighted by Crippen LogP contribution is 2.36. The molecule has 0 amide bonds. The number of hydrogen-bond donors (Lipinski definition) is 0. The lowest BCUT2D eigenvalue weighted by molar-refractivity contribution is 0.668. The Labute approximate surface area is 287 Å². The number of rotatable bonds is 5. The summed E-state index contributed by atoms with van der Waals surface area (Å²) in [6.45, 7) is 0. The van der Waals surface area contributed by atoms with Crippen LogP contribution in [0.1, 0.15) is 0 Å². The fraction of sp³-hybridized carbons (Fsp3) is 0. The predicted molar refractivity (Wildman–Crippen MR) is 202 cm³/mol. The zero-order valence-corrected chi connectivity index (χ0v) is 26.7. The van der Waals surface area contributed by atoms with Gasteiger partial charge in [0.1, 0.15) is 22.3 Å². The minimum absolute atomic E-state index is 0.579. The topological polar surface area (TPSA) is 65.0 Å². The first-order chi connectivity index (χ1) is 24.7. The van der Waals surface area contributed by atoms with Crippen LogP contribution in [0.5, 0.6) is 0 Å². The van der Waals surface area contributed by atoms with E-state index >= 15 is 0 Å². The molecule has 0 bridgehead atoms. The van der Waals surface area contributed by atoms with E-state index in [1.807, 2.05) is 78.9 Å². The highest BCUT2D eigenvalue weighted by atomic mass is 16.3. The molecular formula is C45H27N3O2. The summed E-state index contributed by atoms with van der Waals surface area (Å²) in [6.07, 6.45) is 0. The van der Waals surface area contributed by atoms with Gasteiger partial charge in [-0.25, -0.2) is 15.0 Å². The molecule has 0 saturated carbocycles. The molecule has 0 saturated heterocycles. The Hall–Kier alpha value is -6.85. The van der Waals surface area contributed by atoms with Gasteiger partial charge in [0.25, 0.3) is 0 Å². The summed E-state index contributed by atoms with van der Waals surface area (Å²) >= 11 is 0. The van der Waals surface area contributed by atoms with Gasteiger partial charge in [0, 0.05) is 38.2 Å². The third kappa shape index (κ3) is 4.83. The standard InChI is InChI=1S/C45H27N3O2/c1-3-10-28(11-4-1)31-20-23-40-38(25-31)37-22-19-34(27-42(37)50-40)45-47-43(29-12-5-2-6-13-29)46-44(48-45)33-15-9-14-30(24-33)32-18-21-36-35-16-7-8-17-39(35)49-41(36)26-32/h1-27H. The van der Waals surface area contributed by atoms with Crippen LogP contribution in [0.2, 0.25) is 0 Å². The molecule has 7 aromatic carbocycles. The predicted octanol–water partition coefficient (Wildman–Crippen LogP) is 12.0. The van der Waals surface area contributed by atoms with Gasteiger partial charge >= 0.3 is 0 Å². The number of fused-ring (bicyclic) bond motifs is 6. The van der Waals surface area contributed by atoms with Crippen LogP contribution in [-0.2, 0) is 0 Å². The molecule has 0 fully saturated rings. The van der Waals surface area contributed by atoms with Crippen molar-refractivity contribution in [2.24, 2.45) is 0 Å². The molecule has 5 nitrogen and oxygen atoms in total. The Kier molecular flexibility index (Phi) is 6.42. The maximum Gasteiger partial charge on any atom is 0.164 e. The molecule has 0 atom stereocenters. The molecule has 10 rings (SSSR count). The minimum Gasteiger partial charge on any atom is -0.456 e. The van der Waals surface area contributed by atoms with Crippen molar-refractivity contribution in [2.75, 3.05) is 0 Å². The smallest absolute Gasteiger partial charge is 0.164 e. The van der Waals surface area contributed by atoms with E-state index in [2.05, 4.69) is 84.9 Å². The zero-order valence-electron chi connectivity index (χ0n) is 26.7. The Morgan fingerprint density at radius 3 is 1.48 bits per heavy atom. The highest BCUT2D eigenvalue weighted by molar-refractivity contribution is 6.07. The molecule has 3 heterocycles. The van der Waals surface area contributed by atoms with Crippen molar-refractivity contribution >= 4 is 43.9 Å². The number of para-hydroxylation sites is 1. The molecule has 3 aromatic heterocycles. The average Bonchev–Trinajstić information content (AvgIpc) is 3.75. The molecule has 50 heavy (non-hydrogen) atoms. The summed E-state index contributed by atoms with van der Waals surface area (Å²) in [4.78, 5) is 15.0. The van der Waals surface area contributed by atoms with Crippen LogP contribution in [0.15, 0.2) is 173 Å². The Bertz CT molecular complexity index is 2870. The number of furan rings is 2. The number of aromatic nitrogens is 3. The van der Waals surface area contributed by atoms with E-state index in [9.17, 15) is 0 Å². The number of nitrogens with zero attached hydrogens (tertiary/aromatic N) is 3. The van der Waals surface area contributed by atoms with Gasteiger partial charge in [-0.3, -0.25) is 0 Å². The Balaban J connectivity index is 1.08. The lowest BCUT2D eigenvalue weighted by Gasteiger charge is -2.10. The first-order valence-corrected chi connectivity index (χ1v) is 16.6. The highest BCUT2D eigenvalue weighted by Gasteiger charge is 2.16. The minimum atomic E-state index is 0.579. The maximum atomic E-state index is 6.37. The fourth-order valence-corrected chi connectivity index (χ4v) is 6.82. The molecule has 0 radical (unpaired) electrons. The lowest BCUT2D eigenvalue weighted by atomic mass is 10.0. The SMILES string of the molecule is c1ccc(-c2ccc3oc4cc(-c5nc(-c6ccccc6)nc(-c6cccc(-c7ccc8c(c7)oc7ccccc78)c6)n5)ccc4c3c2)cc1. The van der Waals surface area contributed by atoms with E-state index in [4.69, 9.17) is 23.8 Å². The maximum absolute atomic E-state index is 6.37. The van der Waals surface area contributed by atoms with Gasteiger partial charge in [-0.2, -0.15) is 0 Å². The first kappa shape index (κ1) is 28.2. The molecular weight excluding hydrogens is 615 g/mol. The van der Waals surface area contributed by atoms with Gasteiger partial charge in [0.2, 0.25) is 0 Å². The molecule has 10 aromatic rings. The molecule has 0 unspecified atom stereocenters. The Morgan fingerprint density at radius 2 is 0.720 bits per heavy atom. The second kappa shape index (κ2) is 11.4. The number of hydrogen-bond acceptors (Lipinski definition) is 5. The van der Waals surface area contributed by atoms with Crippen LogP contribution in [0, 0.1) is 0 Å². The van der Waals surface area contributed by atoms with Crippen molar-refractivity contribution in [1.29, 1.82) is 0 Å². The molecule has 234 valence electrons. The van der Waals surface area contributed by atoms with E-state index in [-0.39, 0.29) is 0 Å². The van der Waals surface area contributed by atoms with Crippen LogP contribution in [0.25, 0.3) is 100 Å². The van der Waals surface area contributed by atoms with Gasteiger partial charge in [0.15, 0.2) is 17.5 Å². The van der Waals surface area contributed by atoms with Crippen LogP contribution in [0.4, 0.5) is 0 Å². The third-order valence-corrected chi connectivity index (χ3v) is 9.34. The molecule has 0 aliphatic heterocycles. The van der Waals surface area contributed by atoms with E-state index in [0.29, 0.717) is 17.5 Å². The lowest BCUT2D eigenvalue weighted by Crippen LogP contribution is -2.00. The monoisotopic (exact) mass is 641 g/mol. The third-order valence-electron chi connectivity index (χ3n) is 9.34. The van der Waals surface area contributed by atoms with Crippen molar-refractivity contribution in [2.45, 2.75) is 0 Å². The number of benzene rings is 7. The van der Waals surface area contributed by atoms with Crippen LogP contribution >= 0.6 is 0 Å². The van der Waals surface area contributed by atoms with Gasteiger partial charge in [0.05, 0.1) is 0 Å². The van der Waals surface area contributed by atoms with E-state index in [1.165, 1.54) is 5.56 Å². The molecule has 0 spiro atoms. The van der Waals surface area contributed by atoms with E-state index < -0.39 is 0 Å². The Morgan fingerprint density at radius 1 is 0.260 bits per heavy atom. The largest absolute Gasteiger partial charge is 0.456 e. The van der Waals surface area contributed by atoms with Crippen LogP contribution in [-0.4, -0.2) is 15.0 Å². The van der Waals surface area contributed by atoms with Crippen molar-refractivity contribution < 1.29 is 8.83 Å².